The van der Waals surface area contributed by atoms with Crippen molar-refractivity contribution >= 4 is 0 Å². The highest BCUT2D eigenvalue weighted by Gasteiger charge is 2.57. The fourth-order valence-electron chi connectivity index (χ4n) is 5.51. The molecule has 0 unspecified atom stereocenters. The highest BCUT2D eigenvalue weighted by atomic mass is 16.3. The standard InChI is InChI=1S/C18H24O2/c1-18-9-8-13-12-5-3-2-4-11(12)6-7-14(13)15(18)10-16(19)17(18)20/h2-5,13-17,19-20H,6-10H2,1H3/t13-,14-,15+,16+,17+,18+/m1/s1. The van der Waals surface area contributed by atoms with Crippen LogP contribution in [-0.2, 0) is 6.42 Å². The van der Waals surface area contributed by atoms with E-state index in [9.17, 15) is 10.2 Å². The van der Waals surface area contributed by atoms with Crippen LogP contribution in [0.15, 0.2) is 24.3 Å². The first-order chi connectivity index (χ1) is 9.61. The number of aliphatic hydroxyl groups excluding tert-OH is 2. The van der Waals surface area contributed by atoms with Gasteiger partial charge in [0.15, 0.2) is 0 Å². The lowest BCUT2D eigenvalue weighted by Gasteiger charge is -2.49. The fourth-order valence-corrected chi connectivity index (χ4v) is 5.51. The van der Waals surface area contributed by atoms with Gasteiger partial charge in [0.1, 0.15) is 0 Å². The SMILES string of the molecule is C[C@]12CC[C@@H]3c4ccccc4CC[C@H]3[C@@H]1C[C@H](O)[C@@H]2O. The molecule has 1 aromatic carbocycles. The highest BCUT2D eigenvalue weighted by Crippen LogP contribution is 2.60. The molecule has 0 aliphatic heterocycles. The van der Waals surface area contributed by atoms with Crippen molar-refractivity contribution in [2.24, 2.45) is 17.3 Å². The summed E-state index contributed by atoms with van der Waals surface area (Å²) in [4.78, 5) is 0. The molecule has 6 atom stereocenters. The van der Waals surface area contributed by atoms with Gasteiger partial charge in [-0.05, 0) is 66.4 Å². The summed E-state index contributed by atoms with van der Waals surface area (Å²) in [5, 5.41) is 20.5. The molecule has 2 fully saturated rings. The van der Waals surface area contributed by atoms with Gasteiger partial charge in [-0.1, -0.05) is 31.2 Å². The maximum Gasteiger partial charge on any atom is 0.0855 e. The summed E-state index contributed by atoms with van der Waals surface area (Å²) in [6.45, 7) is 2.20. The third-order valence-electron chi connectivity index (χ3n) is 6.61. The van der Waals surface area contributed by atoms with Crippen molar-refractivity contribution < 1.29 is 10.2 Å². The van der Waals surface area contributed by atoms with Crippen molar-refractivity contribution in [3.8, 4) is 0 Å². The quantitative estimate of drug-likeness (QED) is 0.762. The van der Waals surface area contributed by atoms with E-state index in [1.807, 2.05) is 0 Å². The molecule has 2 saturated carbocycles. The molecular formula is C18H24O2. The lowest BCUT2D eigenvalue weighted by atomic mass is 9.55. The van der Waals surface area contributed by atoms with Gasteiger partial charge in [-0.25, -0.2) is 0 Å². The zero-order valence-electron chi connectivity index (χ0n) is 12.1. The first kappa shape index (κ1) is 12.8. The van der Waals surface area contributed by atoms with Crippen LogP contribution in [0.25, 0.3) is 0 Å². The summed E-state index contributed by atoms with van der Waals surface area (Å²) in [7, 11) is 0. The molecule has 4 rings (SSSR count). The van der Waals surface area contributed by atoms with Gasteiger partial charge in [-0.15, -0.1) is 0 Å². The number of rotatable bonds is 0. The Kier molecular flexibility index (Phi) is 2.77. The van der Waals surface area contributed by atoms with Crippen LogP contribution < -0.4 is 0 Å². The molecule has 0 heterocycles. The molecule has 0 bridgehead atoms. The Labute approximate surface area is 120 Å². The van der Waals surface area contributed by atoms with E-state index in [1.54, 1.807) is 5.56 Å². The molecule has 0 aromatic heterocycles. The third-order valence-corrected chi connectivity index (χ3v) is 6.61. The lowest BCUT2D eigenvalue weighted by Crippen LogP contribution is -2.44. The number of aryl methyl sites for hydroxylation is 1. The normalized spacial score (nSPS) is 46.5. The van der Waals surface area contributed by atoms with Crippen molar-refractivity contribution in [2.45, 2.75) is 57.2 Å². The van der Waals surface area contributed by atoms with Crippen LogP contribution in [0.3, 0.4) is 0 Å². The summed E-state index contributed by atoms with van der Waals surface area (Å²) in [6.07, 6.45) is 4.36. The average molecular weight is 272 g/mol. The molecule has 0 saturated heterocycles. The smallest absolute Gasteiger partial charge is 0.0855 e. The molecule has 0 amide bonds. The van der Waals surface area contributed by atoms with Gasteiger partial charge in [-0.2, -0.15) is 0 Å². The van der Waals surface area contributed by atoms with E-state index < -0.39 is 12.2 Å². The Morgan fingerprint density at radius 1 is 1.15 bits per heavy atom. The average Bonchev–Trinajstić information content (AvgIpc) is 2.71. The van der Waals surface area contributed by atoms with Crippen LogP contribution in [0.2, 0.25) is 0 Å². The molecule has 2 heteroatoms. The highest BCUT2D eigenvalue weighted by molar-refractivity contribution is 5.35. The molecule has 1 aromatic rings. The number of hydrogen-bond acceptors (Lipinski definition) is 2. The van der Waals surface area contributed by atoms with Crippen LogP contribution in [-0.4, -0.2) is 22.4 Å². The summed E-state index contributed by atoms with van der Waals surface area (Å²) in [5.74, 6) is 1.78. The fraction of sp³-hybridized carbons (Fsp3) is 0.667. The lowest BCUT2D eigenvalue weighted by molar-refractivity contribution is -0.0505. The maximum absolute atomic E-state index is 10.4. The van der Waals surface area contributed by atoms with Crippen molar-refractivity contribution in [2.75, 3.05) is 0 Å². The minimum atomic E-state index is -0.523. The van der Waals surface area contributed by atoms with E-state index in [0.717, 1.165) is 19.3 Å². The van der Waals surface area contributed by atoms with Gasteiger partial charge >= 0.3 is 0 Å². The molecule has 0 radical (unpaired) electrons. The Morgan fingerprint density at radius 2 is 1.95 bits per heavy atom. The number of fused-ring (bicyclic) bond motifs is 5. The molecule has 2 nitrogen and oxygen atoms in total. The summed E-state index contributed by atoms with van der Waals surface area (Å²) in [5.41, 5.74) is 3.01. The number of benzene rings is 1. The van der Waals surface area contributed by atoms with Crippen molar-refractivity contribution in [3.63, 3.8) is 0 Å². The van der Waals surface area contributed by atoms with Crippen LogP contribution >= 0.6 is 0 Å². The number of aliphatic hydroxyl groups is 2. The Bertz CT molecular complexity index is 526. The van der Waals surface area contributed by atoms with Crippen LogP contribution in [0.5, 0.6) is 0 Å². The van der Waals surface area contributed by atoms with Gasteiger partial charge in [0.25, 0.3) is 0 Å². The summed E-state index contributed by atoms with van der Waals surface area (Å²) < 4.78 is 0. The largest absolute Gasteiger partial charge is 0.390 e. The summed E-state index contributed by atoms with van der Waals surface area (Å²) in [6, 6.07) is 8.89. The molecule has 108 valence electrons. The van der Waals surface area contributed by atoms with Crippen LogP contribution in [0.4, 0.5) is 0 Å². The Hall–Kier alpha value is -0.860. The zero-order chi connectivity index (χ0) is 13.9. The van der Waals surface area contributed by atoms with Gasteiger partial charge in [-0.3, -0.25) is 0 Å². The zero-order valence-corrected chi connectivity index (χ0v) is 12.1. The molecule has 3 aliphatic rings. The van der Waals surface area contributed by atoms with Crippen molar-refractivity contribution in [1.82, 2.24) is 0 Å². The molecule has 2 N–H and O–H groups in total. The van der Waals surface area contributed by atoms with E-state index in [1.165, 1.54) is 18.4 Å². The number of hydrogen-bond donors (Lipinski definition) is 2. The molecule has 0 spiro atoms. The van der Waals surface area contributed by atoms with Gasteiger partial charge in [0, 0.05) is 0 Å². The predicted molar refractivity (Wildman–Crippen MR) is 78.5 cm³/mol. The first-order valence-electron chi connectivity index (χ1n) is 8.05. The Morgan fingerprint density at radius 3 is 2.80 bits per heavy atom. The second kappa shape index (κ2) is 4.32. The maximum atomic E-state index is 10.4. The van der Waals surface area contributed by atoms with Gasteiger partial charge in [0.05, 0.1) is 12.2 Å². The predicted octanol–water partition coefficient (Wildman–Crippen LogP) is 2.87. The van der Waals surface area contributed by atoms with Crippen LogP contribution in [0, 0.1) is 17.3 Å². The first-order valence-corrected chi connectivity index (χ1v) is 8.05. The van der Waals surface area contributed by atoms with E-state index in [4.69, 9.17) is 0 Å². The molecular weight excluding hydrogens is 248 g/mol. The third kappa shape index (κ3) is 1.58. The Balaban J connectivity index is 1.72. The molecule has 3 aliphatic carbocycles. The second-order valence-corrected chi connectivity index (χ2v) is 7.41. The summed E-state index contributed by atoms with van der Waals surface area (Å²) >= 11 is 0. The van der Waals surface area contributed by atoms with E-state index in [2.05, 4.69) is 31.2 Å². The van der Waals surface area contributed by atoms with Crippen molar-refractivity contribution in [3.05, 3.63) is 35.4 Å². The molecule has 20 heavy (non-hydrogen) atoms. The topological polar surface area (TPSA) is 40.5 Å². The van der Waals surface area contributed by atoms with Crippen LogP contribution in [0.1, 0.15) is 49.7 Å². The van der Waals surface area contributed by atoms with E-state index >= 15 is 0 Å². The monoisotopic (exact) mass is 272 g/mol. The second-order valence-electron chi connectivity index (χ2n) is 7.41. The van der Waals surface area contributed by atoms with E-state index in [0.29, 0.717) is 17.8 Å². The van der Waals surface area contributed by atoms with Gasteiger partial charge < -0.3 is 10.2 Å². The van der Waals surface area contributed by atoms with Gasteiger partial charge in [0.2, 0.25) is 0 Å². The van der Waals surface area contributed by atoms with E-state index in [-0.39, 0.29) is 5.41 Å². The minimum Gasteiger partial charge on any atom is -0.390 e. The van der Waals surface area contributed by atoms with Crippen molar-refractivity contribution in [1.29, 1.82) is 0 Å². The minimum absolute atomic E-state index is 0.0626.